The highest BCUT2D eigenvalue weighted by atomic mass is 19.4. The van der Waals surface area contributed by atoms with Gasteiger partial charge in [-0.25, -0.2) is 0 Å². The topological polar surface area (TPSA) is 44.8 Å². The molecule has 134 valence electrons. The van der Waals surface area contributed by atoms with Crippen LogP contribution in [0.3, 0.4) is 0 Å². The minimum atomic E-state index is -4.72. The third-order valence-electron chi connectivity index (χ3n) is 3.97. The summed E-state index contributed by atoms with van der Waals surface area (Å²) in [5.74, 6) is -0.431. The zero-order chi connectivity index (χ0) is 17.7. The number of benzene rings is 1. The van der Waals surface area contributed by atoms with E-state index in [-0.39, 0.29) is 18.2 Å². The molecule has 1 saturated heterocycles. The first kappa shape index (κ1) is 18.5. The molecule has 24 heavy (non-hydrogen) atoms. The molecule has 0 aromatic heterocycles. The molecular weight excluding hydrogens is 323 g/mol. The van der Waals surface area contributed by atoms with E-state index in [0.717, 1.165) is 19.5 Å². The Kier molecular flexibility index (Phi) is 6.06. The monoisotopic (exact) mass is 345 g/mol. The second-order valence-electron chi connectivity index (χ2n) is 6.11. The van der Waals surface area contributed by atoms with Crippen LogP contribution in [0, 0.1) is 0 Å². The molecule has 5 nitrogen and oxygen atoms in total. The average molecular weight is 345 g/mol. The van der Waals surface area contributed by atoms with Crippen LogP contribution < -0.4 is 10.1 Å². The lowest BCUT2D eigenvalue weighted by molar-refractivity contribution is -0.274. The maximum absolute atomic E-state index is 12.2. The molecule has 1 atom stereocenters. The fourth-order valence-corrected chi connectivity index (χ4v) is 2.69. The lowest BCUT2D eigenvalue weighted by Crippen LogP contribution is -2.38. The number of likely N-dealkylation sites (tertiary alicyclic amines) is 1. The summed E-state index contributed by atoms with van der Waals surface area (Å²) >= 11 is 0. The summed E-state index contributed by atoms with van der Waals surface area (Å²) in [6.07, 6.45) is -3.70. The number of likely N-dealkylation sites (N-methyl/N-ethyl adjacent to an activating group) is 1. The van der Waals surface area contributed by atoms with Gasteiger partial charge in [0.2, 0.25) is 5.91 Å². The average Bonchev–Trinajstić information content (AvgIpc) is 2.92. The SMILES string of the molecule is CN(C)C1CCN(CC(=O)NCc2cccc(OC(F)(F)F)c2)C1. The van der Waals surface area contributed by atoms with Crippen LogP contribution in [0.1, 0.15) is 12.0 Å². The first-order valence-electron chi connectivity index (χ1n) is 7.73. The number of amides is 1. The maximum atomic E-state index is 12.2. The third-order valence-corrected chi connectivity index (χ3v) is 3.97. The van der Waals surface area contributed by atoms with Crippen LogP contribution in [0.25, 0.3) is 0 Å². The highest BCUT2D eigenvalue weighted by molar-refractivity contribution is 5.78. The van der Waals surface area contributed by atoms with Gasteiger partial charge in [-0.1, -0.05) is 12.1 Å². The van der Waals surface area contributed by atoms with Crippen molar-refractivity contribution < 1.29 is 22.7 Å². The lowest BCUT2D eigenvalue weighted by Gasteiger charge is -2.20. The molecule has 1 aliphatic heterocycles. The minimum absolute atomic E-state index is 0.142. The predicted molar refractivity (Wildman–Crippen MR) is 83.5 cm³/mol. The number of alkyl halides is 3. The number of carbonyl (C=O) groups excluding carboxylic acids is 1. The van der Waals surface area contributed by atoms with Crippen molar-refractivity contribution in [3.8, 4) is 5.75 Å². The molecule has 8 heteroatoms. The minimum Gasteiger partial charge on any atom is -0.406 e. The molecule has 1 amide bonds. The molecule has 0 spiro atoms. The zero-order valence-electron chi connectivity index (χ0n) is 13.8. The molecule has 0 radical (unpaired) electrons. The van der Waals surface area contributed by atoms with E-state index in [1.165, 1.54) is 18.2 Å². The van der Waals surface area contributed by atoms with Crippen molar-refractivity contribution in [2.45, 2.75) is 25.4 Å². The van der Waals surface area contributed by atoms with E-state index in [0.29, 0.717) is 18.2 Å². The molecule has 1 fully saturated rings. The van der Waals surface area contributed by atoms with Crippen LogP contribution in [0.4, 0.5) is 13.2 Å². The number of hydrogen-bond donors (Lipinski definition) is 1. The summed E-state index contributed by atoms with van der Waals surface area (Å²) in [5, 5.41) is 2.73. The largest absolute Gasteiger partial charge is 0.573 e. The highest BCUT2D eigenvalue weighted by Crippen LogP contribution is 2.23. The van der Waals surface area contributed by atoms with Crippen LogP contribution in [-0.2, 0) is 11.3 Å². The van der Waals surface area contributed by atoms with Gasteiger partial charge in [0.15, 0.2) is 0 Å². The second-order valence-corrected chi connectivity index (χ2v) is 6.11. The first-order valence-corrected chi connectivity index (χ1v) is 7.73. The van der Waals surface area contributed by atoms with Crippen molar-refractivity contribution in [1.29, 1.82) is 0 Å². The number of nitrogens with one attached hydrogen (secondary N) is 1. The molecule has 2 rings (SSSR count). The van der Waals surface area contributed by atoms with Crippen molar-refractivity contribution in [3.05, 3.63) is 29.8 Å². The number of halogens is 3. The van der Waals surface area contributed by atoms with E-state index in [9.17, 15) is 18.0 Å². The summed E-state index contributed by atoms with van der Waals surface area (Å²) in [6.45, 7) is 2.17. The van der Waals surface area contributed by atoms with Gasteiger partial charge >= 0.3 is 6.36 Å². The summed E-state index contributed by atoms with van der Waals surface area (Å²) in [4.78, 5) is 16.2. The van der Waals surface area contributed by atoms with Crippen molar-refractivity contribution in [2.24, 2.45) is 0 Å². The summed E-state index contributed by atoms with van der Waals surface area (Å²) in [7, 11) is 4.04. The van der Waals surface area contributed by atoms with E-state index >= 15 is 0 Å². The fraction of sp³-hybridized carbons (Fsp3) is 0.562. The van der Waals surface area contributed by atoms with Gasteiger partial charge in [-0.3, -0.25) is 9.69 Å². The van der Waals surface area contributed by atoms with Crippen LogP contribution in [-0.4, -0.2) is 61.8 Å². The fourth-order valence-electron chi connectivity index (χ4n) is 2.69. The van der Waals surface area contributed by atoms with Crippen LogP contribution >= 0.6 is 0 Å². The first-order chi connectivity index (χ1) is 11.2. The van der Waals surface area contributed by atoms with Gasteiger partial charge in [0.25, 0.3) is 0 Å². The van der Waals surface area contributed by atoms with Gasteiger partial charge in [-0.05, 0) is 38.2 Å². The number of hydrogen-bond acceptors (Lipinski definition) is 4. The summed E-state index contributed by atoms with van der Waals surface area (Å²) in [5.41, 5.74) is 0.553. The number of ether oxygens (including phenoxy) is 1. The summed E-state index contributed by atoms with van der Waals surface area (Å²) < 4.78 is 40.5. The summed E-state index contributed by atoms with van der Waals surface area (Å²) in [6, 6.07) is 6.05. The van der Waals surface area contributed by atoms with Crippen LogP contribution in [0.2, 0.25) is 0 Å². The number of rotatable bonds is 6. The van der Waals surface area contributed by atoms with Crippen molar-refractivity contribution in [2.75, 3.05) is 33.7 Å². The molecule has 1 aliphatic rings. The molecular formula is C16H22F3N3O2. The Morgan fingerprint density at radius 3 is 2.79 bits per heavy atom. The standard InChI is InChI=1S/C16H22F3N3O2/c1-21(2)13-6-7-22(10-13)11-15(23)20-9-12-4-3-5-14(8-12)24-16(17,18)19/h3-5,8,13H,6-7,9-11H2,1-2H3,(H,20,23). The van der Waals surface area contributed by atoms with Gasteiger partial charge in [0.1, 0.15) is 5.75 Å². The van der Waals surface area contributed by atoms with Crippen molar-refractivity contribution in [3.63, 3.8) is 0 Å². The van der Waals surface area contributed by atoms with Gasteiger partial charge < -0.3 is 15.0 Å². The van der Waals surface area contributed by atoms with Gasteiger partial charge in [0.05, 0.1) is 6.54 Å². The third kappa shape index (κ3) is 6.01. The normalized spacial score (nSPS) is 18.8. The molecule has 1 unspecified atom stereocenters. The molecule has 0 bridgehead atoms. The smallest absolute Gasteiger partial charge is 0.406 e. The molecule has 1 heterocycles. The van der Waals surface area contributed by atoms with E-state index in [4.69, 9.17) is 0 Å². The zero-order valence-corrected chi connectivity index (χ0v) is 13.8. The predicted octanol–water partition coefficient (Wildman–Crippen LogP) is 1.84. The van der Waals surface area contributed by atoms with Gasteiger partial charge in [-0.2, -0.15) is 0 Å². The Labute approximate surface area is 139 Å². The Balaban J connectivity index is 1.79. The molecule has 1 aromatic carbocycles. The Bertz CT molecular complexity index is 564. The number of carbonyl (C=O) groups is 1. The van der Waals surface area contributed by atoms with Gasteiger partial charge in [0, 0.05) is 25.7 Å². The van der Waals surface area contributed by atoms with Crippen molar-refractivity contribution in [1.82, 2.24) is 15.1 Å². The van der Waals surface area contributed by atoms with Crippen LogP contribution in [0.5, 0.6) is 5.75 Å². The number of nitrogens with zero attached hydrogens (tertiary/aromatic N) is 2. The van der Waals surface area contributed by atoms with E-state index < -0.39 is 6.36 Å². The molecule has 1 aromatic rings. The van der Waals surface area contributed by atoms with Crippen molar-refractivity contribution >= 4 is 5.91 Å². The van der Waals surface area contributed by atoms with E-state index in [1.807, 2.05) is 14.1 Å². The van der Waals surface area contributed by atoms with Crippen LogP contribution in [0.15, 0.2) is 24.3 Å². The van der Waals surface area contributed by atoms with Gasteiger partial charge in [-0.15, -0.1) is 13.2 Å². The Morgan fingerprint density at radius 1 is 1.42 bits per heavy atom. The lowest BCUT2D eigenvalue weighted by atomic mass is 10.2. The molecule has 1 N–H and O–H groups in total. The Hall–Kier alpha value is -1.80. The molecule has 0 saturated carbocycles. The van der Waals surface area contributed by atoms with E-state index in [2.05, 4.69) is 19.9 Å². The quantitative estimate of drug-likeness (QED) is 0.855. The maximum Gasteiger partial charge on any atom is 0.573 e. The highest BCUT2D eigenvalue weighted by Gasteiger charge is 2.31. The second kappa shape index (κ2) is 7.85. The van der Waals surface area contributed by atoms with E-state index in [1.54, 1.807) is 6.07 Å². The molecule has 0 aliphatic carbocycles. The Morgan fingerprint density at radius 2 is 2.17 bits per heavy atom.